The number of esters is 2. The Morgan fingerprint density at radius 3 is 2.00 bits per heavy atom. The van der Waals surface area contributed by atoms with Gasteiger partial charge < -0.3 is 9.47 Å². The van der Waals surface area contributed by atoms with E-state index in [0.29, 0.717) is 6.07 Å². The molecule has 7 heteroatoms. The van der Waals surface area contributed by atoms with E-state index in [1.807, 2.05) is 13.8 Å². The van der Waals surface area contributed by atoms with Crippen LogP contribution in [0.1, 0.15) is 40.1 Å². The van der Waals surface area contributed by atoms with Crippen LogP contribution in [0, 0.1) is 23.4 Å². The zero-order chi connectivity index (χ0) is 19.3. The summed E-state index contributed by atoms with van der Waals surface area (Å²) in [5, 5.41) is 0. The van der Waals surface area contributed by atoms with Gasteiger partial charge in [0.05, 0.1) is 23.3 Å². The van der Waals surface area contributed by atoms with Crippen molar-refractivity contribution in [1.82, 2.24) is 0 Å². The molecule has 0 aliphatic heterocycles. The molecule has 0 aliphatic carbocycles. The number of hydrogen-bond acceptors (Lipinski definition) is 4. The Morgan fingerprint density at radius 1 is 0.885 bits per heavy atom. The van der Waals surface area contributed by atoms with Gasteiger partial charge in [-0.25, -0.2) is 22.8 Å². The number of benzene rings is 2. The summed E-state index contributed by atoms with van der Waals surface area (Å²) in [4.78, 5) is 24.3. The molecular weight excluding hydrogens is 349 g/mol. The van der Waals surface area contributed by atoms with Gasteiger partial charge in [0.15, 0.2) is 11.6 Å². The molecule has 26 heavy (non-hydrogen) atoms. The molecule has 0 N–H and O–H groups in total. The molecule has 138 valence electrons. The van der Waals surface area contributed by atoms with Gasteiger partial charge in [-0.3, -0.25) is 0 Å². The summed E-state index contributed by atoms with van der Waals surface area (Å²) in [6.07, 6.45) is 0. The van der Waals surface area contributed by atoms with Crippen molar-refractivity contribution in [2.24, 2.45) is 5.92 Å². The van der Waals surface area contributed by atoms with Gasteiger partial charge >= 0.3 is 11.9 Å². The predicted octanol–water partition coefficient (Wildman–Crippen LogP) is 4.27. The van der Waals surface area contributed by atoms with Crippen LogP contribution < -0.4 is 0 Å². The largest absolute Gasteiger partial charge is 0.462 e. The van der Waals surface area contributed by atoms with E-state index >= 15 is 0 Å². The molecule has 0 heterocycles. The first-order valence-corrected chi connectivity index (χ1v) is 7.87. The minimum Gasteiger partial charge on any atom is -0.462 e. The fourth-order valence-corrected chi connectivity index (χ4v) is 2.08. The van der Waals surface area contributed by atoms with Gasteiger partial charge in [-0.15, -0.1) is 0 Å². The zero-order valence-electron chi connectivity index (χ0n) is 14.2. The van der Waals surface area contributed by atoms with Gasteiger partial charge in [0.25, 0.3) is 0 Å². The summed E-state index contributed by atoms with van der Waals surface area (Å²) in [6, 6.07) is 7.11. The first kappa shape index (κ1) is 19.5. The van der Waals surface area contributed by atoms with Crippen LogP contribution in [0.4, 0.5) is 13.2 Å². The Kier molecular flexibility index (Phi) is 6.38. The second-order valence-electron chi connectivity index (χ2n) is 5.94. The Balaban J connectivity index is 2.16. The van der Waals surface area contributed by atoms with Gasteiger partial charge in [0.1, 0.15) is 12.4 Å². The zero-order valence-corrected chi connectivity index (χ0v) is 14.2. The summed E-state index contributed by atoms with van der Waals surface area (Å²) in [6.45, 7) is 3.07. The van der Waals surface area contributed by atoms with Crippen molar-refractivity contribution in [2.75, 3.05) is 6.61 Å². The smallest absolute Gasteiger partial charge is 0.339 e. The lowest BCUT2D eigenvalue weighted by Crippen LogP contribution is -2.16. The molecule has 0 fully saturated rings. The average Bonchev–Trinajstić information content (AvgIpc) is 2.62. The van der Waals surface area contributed by atoms with Crippen LogP contribution in [0.25, 0.3) is 0 Å². The molecule has 2 aromatic carbocycles. The third kappa shape index (κ3) is 4.62. The van der Waals surface area contributed by atoms with Crippen molar-refractivity contribution >= 4 is 11.9 Å². The van der Waals surface area contributed by atoms with Gasteiger partial charge in [0, 0.05) is 0 Å². The van der Waals surface area contributed by atoms with E-state index in [9.17, 15) is 22.8 Å². The number of hydrogen-bond donors (Lipinski definition) is 0. The molecule has 0 atom stereocenters. The lowest BCUT2D eigenvalue weighted by atomic mass is 10.1. The molecule has 0 bridgehead atoms. The quantitative estimate of drug-likeness (QED) is 0.566. The van der Waals surface area contributed by atoms with Gasteiger partial charge in [-0.2, -0.15) is 0 Å². The lowest BCUT2D eigenvalue weighted by molar-refractivity contribution is 0.0414. The van der Waals surface area contributed by atoms with E-state index in [2.05, 4.69) is 0 Å². The van der Waals surface area contributed by atoms with E-state index in [1.54, 1.807) is 0 Å². The molecule has 0 saturated carbocycles. The van der Waals surface area contributed by atoms with Gasteiger partial charge in [0.2, 0.25) is 0 Å². The average molecular weight is 366 g/mol. The predicted molar refractivity (Wildman–Crippen MR) is 87.0 cm³/mol. The maximum absolute atomic E-state index is 13.6. The number of rotatable bonds is 6. The van der Waals surface area contributed by atoms with Crippen LogP contribution in [-0.2, 0) is 16.1 Å². The van der Waals surface area contributed by atoms with E-state index in [-0.39, 0.29) is 23.7 Å². The van der Waals surface area contributed by atoms with Crippen molar-refractivity contribution in [2.45, 2.75) is 20.5 Å². The molecule has 0 spiro atoms. The summed E-state index contributed by atoms with van der Waals surface area (Å²) >= 11 is 0. The van der Waals surface area contributed by atoms with E-state index < -0.39 is 41.6 Å². The maximum Gasteiger partial charge on any atom is 0.339 e. The highest BCUT2D eigenvalue weighted by molar-refractivity contribution is 6.03. The SMILES string of the molecule is CC(C)COC(=O)c1ccccc1C(=O)OCc1c(F)ccc(F)c1F. The molecule has 0 saturated heterocycles. The second-order valence-corrected chi connectivity index (χ2v) is 5.94. The molecule has 0 unspecified atom stereocenters. The molecule has 0 aromatic heterocycles. The van der Waals surface area contributed by atoms with Crippen LogP contribution in [-0.4, -0.2) is 18.5 Å². The first-order chi connectivity index (χ1) is 12.3. The number of ether oxygens (including phenoxy) is 2. The van der Waals surface area contributed by atoms with Crippen LogP contribution in [0.15, 0.2) is 36.4 Å². The number of halogens is 3. The first-order valence-electron chi connectivity index (χ1n) is 7.87. The van der Waals surface area contributed by atoms with Crippen LogP contribution in [0.3, 0.4) is 0 Å². The molecule has 2 rings (SSSR count). The topological polar surface area (TPSA) is 52.6 Å². The maximum atomic E-state index is 13.6. The Labute approximate surface area is 148 Å². The minimum atomic E-state index is -1.43. The molecule has 2 aromatic rings. The van der Waals surface area contributed by atoms with E-state index in [4.69, 9.17) is 9.47 Å². The lowest BCUT2D eigenvalue weighted by Gasteiger charge is -2.11. The van der Waals surface area contributed by atoms with E-state index in [1.165, 1.54) is 24.3 Å². The minimum absolute atomic E-state index is 0.0293. The fraction of sp³-hybridized carbons (Fsp3) is 0.263. The molecule has 0 amide bonds. The highest BCUT2D eigenvalue weighted by Gasteiger charge is 2.21. The van der Waals surface area contributed by atoms with Crippen molar-refractivity contribution in [3.05, 3.63) is 70.5 Å². The van der Waals surface area contributed by atoms with Crippen molar-refractivity contribution in [1.29, 1.82) is 0 Å². The highest BCUT2D eigenvalue weighted by atomic mass is 19.2. The van der Waals surface area contributed by atoms with Crippen LogP contribution >= 0.6 is 0 Å². The van der Waals surface area contributed by atoms with Crippen molar-refractivity contribution in [3.63, 3.8) is 0 Å². The Hall–Kier alpha value is -2.83. The van der Waals surface area contributed by atoms with Gasteiger partial charge in [-0.1, -0.05) is 26.0 Å². The fourth-order valence-electron chi connectivity index (χ4n) is 2.08. The van der Waals surface area contributed by atoms with Crippen molar-refractivity contribution in [3.8, 4) is 0 Å². The number of carbonyl (C=O) groups is 2. The molecule has 0 radical (unpaired) electrons. The third-order valence-electron chi connectivity index (χ3n) is 3.40. The van der Waals surface area contributed by atoms with E-state index in [0.717, 1.165) is 6.07 Å². The van der Waals surface area contributed by atoms with Gasteiger partial charge in [-0.05, 0) is 30.2 Å². The Morgan fingerprint density at radius 2 is 1.42 bits per heavy atom. The summed E-state index contributed by atoms with van der Waals surface area (Å²) in [5.74, 6) is -5.31. The van der Waals surface area contributed by atoms with Crippen LogP contribution in [0.5, 0.6) is 0 Å². The Bertz CT molecular complexity index is 818. The summed E-state index contributed by atoms with van der Waals surface area (Å²) in [5.41, 5.74) is -0.852. The molecular formula is C19H17F3O4. The molecule has 4 nitrogen and oxygen atoms in total. The van der Waals surface area contributed by atoms with Crippen LogP contribution in [0.2, 0.25) is 0 Å². The summed E-state index contributed by atoms with van der Waals surface area (Å²) in [7, 11) is 0. The normalized spacial score (nSPS) is 10.7. The summed E-state index contributed by atoms with van der Waals surface area (Å²) < 4.78 is 50.3. The third-order valence-corrected chi connectivity index (χ3v) is 3.40. The van der Waals surface area contributed by atoms with Crippen molar-refractivity contribution < 1.29 is 32.2 Å². The molecule has 0 aliphatic rings. The monoisotopic (exact) mass is 366 g/mol. The highest BCUT2D eigenvalue weighted by Crippen LogP contribution is 2.19. The standard InChI is InChI=1S/C19H17F3O4/c1-11(2)9-25-18(23)12-5-3-4-6-13(12)19(24)26-10-14-15(20)7-8-16(21)17(14)22/h3-8,11H,9-10H2,1-2H3. The second kappa shape index (κ2) is 8.51. The number of carbonyl (C=O) groups excluding carboxylic acids is 2.